The first-order chi connectivity index (χ1) is 9.10. The van der Waals surface area contributed by atoms with Crippen molar-refractivity contribution in [2.24, 2.45) is 5.41 Å². The molecule has 2 aliphatic heterocycles. The highest BCUT2D eigenvalue weighted by molar-refractivity contribution is 5.95. The molecule has 1 aromatic rings. The van der Waals surface area contributed by atoms with E-state index in [1.165, 1.54) is 32.4 Å². The van der Waals surface area contributed by atoms with Crippen molar-refractivity contribution in [1.29, 1.82) is 0 Å². The van der Waals surface area contributed by atoms with E-state index < -0.39 is 0 Å². The van der Waals surface area contributed by atoms with E-state index in [9.17, 15) is 4.79 Å². The van der Waals surface area contributed by atoms with E-state index >= 15 is 0 Å². The van der Waals surface area contributed by atoms with Gasteiger partial charge in [-0.1, -0.05) is 0 Å². The smallest absolute Gasteiger partial charge is 0.255 e. The second kappa shape index (κ2) is 4.67. The lowest BCUT2D eigenvalue weighted by Crippen LogP contribution is -2.40. The van der Waals surface area contributed by atoms with Crippen molar-refractivity contribution in [3.8, 4) is 0 Å². The van der Waals surface area contributed by atoms with Gasteiger partial charge in [-0.3, -0.25) is 4.79 Å². The van der Waals surface area contributed by atoms with Gasteiger partial charge in [0.05, 0.1) is 5.56 Å². The zero-order valence-electron chi connectivity index (χ0n) is 11.9. The number of hydrogen-bond acceptors (Lipinski definition) is 2. The quantitative estimate of drug-likeness (QED) is 0.838. The van der Waals surface area contributed by atoms with Crippen LogP contribution in [0.25, 0.3) is 0 Å². The van der Waals surface area contributed by atoms with Crippen molar-refractivity contribution in [2.45, 2.75) is 26.2 Å². The molecule has 3 heterocycles. The molecule has 4 nitrogen and oxygen atoms in total. The van der Waals surface area contributed by atoms with Crippen LogP contribution in [0.1, 0.15) is 35.2 Å². The maximum atomic E-state index is 12.5. The number of amides is 1. The van der Waals surface area contributed by atoms with Crippen LogP contribution in [0.2, 0.25) is 0 Å². The van der Waals surface area contributed by atoms with Gasteiger partial charge in [-0.25, -0.2) is 0 Å². The molecule has 2 aliphatic rings. The van der Waals surface area contributed by atoms with Gasteiger partial charge < -0.3 is 14.8 Å². The van der Waals surface area contributed by atoms with Crippen molar-refractivity contribution in [1.82, 2.24) is 14.8 Å². The van der Waals surface area contributed by atoms with E-state index in [2.05, 4.69) is 21.8 Å². The highest BCUT2D eigenvalue weighted by atomic mass is 16.2. The van der Waals surface area contributed by atoms with Gasteiger partial charge in [0.1, 0.15) is 0 Å². The van der Waals surface area contributed by atoms with Crippen molar-refractivity contribution >= 4 is 5.91 Å². The summed E-state index contributed by atoms with van der Waals surface area (Å²) in [4.78, 5) is 20.0. The molecule has 0 saturated carbocycles. The summed E-state index contributed by atoms with van der Waals surface area (Å²) < 4.78 is 0. The third-order valence-electron chi connectivity index (χ3n) is 4.96. The molecular formula is C15H23N3O. The number of carbonyl (C=O) groups is 1. The highest BCUT2D eigenvalue weighted by Gasteiger charge is 2.41. The first-order valence-corrected chi connectivity index (χ1v) is 7.21. The number of aromatic amines is 1. The molecule has 19 heavy (non-hydrogen) atoms. The van der Waals surface area contributed by atoms with Crippen LogP contribution in [-0.2, 0) is 0 Å². The Morgan fingerprint density at radius 2 is 1.89 bits per heavy atom. The molecule has 104 valence electrons. The number of aromatic nitrogens is 1. The minimum Gasteiger partial charge on any atom is -0.367 e. The molecule has 1 N–H and O–H groups in total. The predicted octanol–water partition coefficient (Wildman–Crippen LogP) is 1.88. The van der Waals surface area contributed by atoms with Gasteiger partial charge >= 0.3 is 0 Å². The lowest BCUT2D eigenvalue weighted by Gasteiger charge is -2.37. The molecule has 2 fully saturated rings. The zero-order valence-corrected chi connectivity index (χ0v) is 11.9. The van der Waals surface area contributed by atoms with Gasteiger partial charge in [-0.05, 0) is 57.3 Å². The van der Waals surface area contributed by atoms with Crippen molar-refractivity contribution in [3.05, 3.63) is 23.5 Å². The van der Waals surface area contributed by atoms with Crippen LogP contribution >= 0.6 is 0 Å². The van der Waals surface area contributed by atoms with Crippen LogP contribution in [0.4, 0.5) is 0 Å². The summed E-state index contributed by atoms with van der Waals surface area (Å²) in [5, 5.41) is 0. The Hall–Kier alpha value is -1.29. The summed E-state index contributed by atoms with van der Waals surface area (Å²) in [6.07, 6.45) is 7.38. The number of piperidine rings is 1. The summed E-state index contributed by atoms with van der Waals surface area (Å²) in [7, 11) is 2.19. The van der Waals surface area contributed by atoms with Crippen LogP contribution in [-0.4, -0.2) is 53.9 Å². The molecule has 0 atom stereocenters. The second-order valence-electron chi connectivity index (χ2n) is 6.33. The highest BCUT2D eigenvalue weighted by Crippen LogP contribution is 2.40. The Bertz CT molecular complexity index is 471. The Balaban J connectivity index is 1.69. The van der Waals surface area contributed by atoms with Crippen molar-refractivity contribution < 1.29 is 4.79 Å². The number of likely N-dealkylation sites (tertiary alicyclic amines) is 2. The number of nitrogens with zero attached hydrogens (tertiary/aromatic N) is 2. The lowest BCUT2D eigenvalue weighted by molar-refractivity contribution is 0.0736. The van der Waals surface area contributed by atoms with E-state index in [0.717, 1.165) is 24.2 Å². The SMILES string of the molecule is Cc1c[nH]cc1C(=O)N1CCC2(CCN(C)CC2)C1. The first kappa shape index (κ1) is 12.7. The molecule has 1 spiro atoms. The molecule has 1 aromatic heterocycles. The third-order valence-corrected chi connectivity index (χ3v) is 4.96. The van der Waals surface area contributed by atoms with Crippen LogP contribution in [0, 0.1) is 12.3 Å². The maximum absolute atomic E-state index is 12.5. The second-order valence-corrected chi connectivity index (χ2v) is 6.33. The van der Waals surface area contributed by atoms with Crippen LogP contribution in [0.5, 0.6) is 0 Å². The molecule has 0 unspecified atom stereocenters. The Kier molecular flexibility index (Phi) is 3.13. The molecule has 0 bridgehead atoms. The lowest BCUT2D eigenvalue weighted by atomic mass is 9.78. The molecule has 2 saturated heterocycles. The standard InChI is InChI=1S/C15H23N3O/c1-12-9-16-10-13(12)14(19)18-8-5-15(11-18)3-6-17(2)7-4-15/h9-10,16H,3-8,11H2,1-2H3. The molecule has 4 heteroatoms. The molecule has 1 amide bonds. The van der Waals surface area contributed by atoms with Crippen LogP contribution in [0.3, 0.4) is 0 Å². The monoisotopic (exact) mass is 261 g/mol. The number of carbonyl (C=O) groups excluding carboxylic acids is 1. The summed E-state index contributed by atoms with van der Waals surface area (Å²) in [5.41, 5.74) is 2.28. The maximum Gasteiger partial charge on any atom is 0.255 e. The van der Waals surface area contributed by atoms with E-state index in [-0.39, 0.29) is 5.91 Å². The summed E-state index contributed by atoms with van der Waals surface area (Å²) >= 11 is 0. The van der Waals surface area contributed by atoms with Crippen LogP contribution < -0.4 is 0 Å². The Labute approximate surface area is 114 Å². The van der Waals surface area contributed by atoms with E-state index in [0.29, 0.717) is 5.41 Å². The summed E-state index contributed by atoms with van der Waals surface area (Å²) in [6.45, 7) is 6.21. The van der Waals surface area contributed by atoms with Gasteiger partial charge in [-0.15, -0.1) is 0 Å². The predicted molar refractivity (Wildman–Crippen MR) is 75.2 cm³/mol. The number of aryl methyl sites for hydroxylation is 1. The topological polar surface area (TPSA) is 39.3 Å². The average Bonchev–Trinajstić information content (AvgIpc) is 3.00. The Morgan fingerprint density at radius 1 is 1.21 bits per heavy atom. The minimum atomic E-state index is 0.203. The number of hydrogen-bond donors (Lipinski definition) is 1. The normalized spacial score (nSPS) is 23.2. The molecule has 3 rings (SSSR count). The van der Waals surface area contributed by atoms with Crippen molar-refractivity contribution in [3.63, 3.8) is 0 Å². The summed E-state index contributed by atoms with van der Waals surface area (Å²) in [5.74, 6) is 0.203. The average molecular weight is 261 g/mol. The van der Waals surface area contributed by atoms with Gasteiger partial charge in [0, 0.05) is 25.5 Å². The largest absolute Gasteiger partial charge is 0.367 e. The summed E-state index contributed by atoms with van der Waals surface area (Å²) in [6, 6.07) is 0. The number of H-pyrrole nitrogens is 1. The Morgan fingerprint density at radius 3 is 2.53 bits per heavy atom. The van der Waals surface area contributed by atoms with Gasteiger partial charge in [0.15, 0.2) is 0 Å². The molecule has 0 radical (unpaired) electrons. The third kappa shape index (κ3) is 2.29. The molecule has 0 aliphatic carbocycles. The van der Waals surface area contributed by atoms with Gasteiger partial charge in [0.2, 0.25) is 0 Å². The number of rotatable bonds is 1. The fourth-order valence-electron chi connectivity index (χ4n) is 3.45. The van der Waals surface area contributed by atoms with Crippen molar-refractivity contribution in [2.75, 3.05) is 33.2 Å². The first-order valence-electron chi connectivity index (χ1n) is 7.21. The fourth-order valence-corrected chi connectivity index (χ4v) is 3.45. The molecular weight excluding hydrogens is 238 g/mol. The van der Waals surface area contributed by atoms with Gasteiger partial charge in [0.25, 0.3) is 5.91 Å². The van der Waals surface area contributed by atoms with Crippen LogP contribution in [0.15, 0.2) is 12.4 Å². The van der Waals surface area contributed by atoms with E-state index in [1.807, 2.05) is 19.3 Å². The van der Waals surface area contributed by atoms with E-state index in [1.54, 1.807) is 0 Å². The fraction of sp³-hybridized carbons (Fsp3) is 0.667. The van der Waals surface area contributed by atoms with Gasteiger partial charge in [-0.2, -0.15) is 0 Å². The van der Waals surface area contributed by atoms with E-state index in [4.69, 9.17) is 0 Å². The number of nitrogens with one attached hydrogen (secondary N) is 1. The zero-order chi connectivity index (χ0) is 13.5. The minimum absolute atomic E-state index is 0.203. The molecule has 0 aromatic carbocycles.